The summed E-state index contributed by atoms with van der Waals surface area (Å²) >= 11 is 0. The van der Waals surface area contributed by atoms with E-state index in [1.807, 2.05) is 0 Å². The van der Waals surface area contributed by atoms with Crippen LogP contribution in [0, 0.1) is 10.1 Å². The van der Waals surface area contributed by atoms with E-state index in [0.29, 0.717) is 0 Å². The highest BCUT2D eigenvalue weighted by molar-refractivity contribution is 5.52. The third kappa shape index (κ3) is 1.92. The molecule has 1 aromatic carbocycles. The van der Waals surface area contributed by atoms with Crippen molar-refractivity contribution in [3.63, 3.8) is 0 Å². The number of nitro groups is 1. The van der Waals surface area contributed by atoms with Crippen LogP contribution in [0.3, 0.4) is 0 Å². The summed E-state index contributed by atoms with van der Waals surface area (Å²) in [7, 11) is 0. The SMILES string of the molecule is N[C@@H]1CCCN1c1ccc([N+](=O)[O-])cc1. The monoisotopic (exact) mass is 207 g/mol. The van der Waals surface area contributed by atoms with Gasteiger partial charge in [-0.15, -0.1) is 0 Å². The van der Waals surface area contributed by atoms with E-state index in [1.165, 1.54) is 12.1 Å². The van der Waals surface area contributed by atoms with Gasteiger partial charge in [-0.1, -0.05) is 0 Å². The molecule has 1 aliphatic rings. The van der Waals surface area contributed by atoms with E-state index in [2.05, 4.69) is 4.90 Å². The van der Waals surface area contributed by atoms with Crippen molar-refractivity contribution in [2.75, 3.05) is 11.4 Å². The number of nitrogens with two attached hydrogens (primary N) is 1. The van der Waals surface area contributed by atoms with Gasteiger partial charge < -0.3 is 10.6 Å². The molecule has 1 aliphatic heterocycles. The van der Waals surface area contributed by atoms with E-state index in [4.69, 9.17) is 5.73 Å². The predicted molar refractivity (Wildman–Crippen MR) is 57.7 cm³/mol. The Kier molecular flexibility index (Phi) is 2.55. The summed E-state index contributed by atoms with van der Waals surface area (Å²) in [5.41, 5.74) is 6.98. The lowest BCUT2D eigenvalue weighted by Gasteiger charge is -2.23. The molecule has 1 atom stereocenters. The third-order valence-corrected chi connectivity index (χ3v) is 2.69. The van der Waals surface area contributed by atoms with Crippen LogP contribution in [0.15, 0.2) is 24.3 Å². The maximum Gasteiger partial charge on any atom is 0.269 e. The Morgan fingerprint density at radius 2 is 2.07 bits per heavy atom. The lowest BCUT2D eigenvalue weighted by Crippen LogP contribution is -2.36. The number of nitro benzene ring substituents is 1. The fourth-order valence-corrected chi connectivity index (χ4v) is 1.88. The fraction of sp³-hybridized carbons (Fsp3) is 0.400. The largest absolute Gasteiger partial charge is 0.356 e. The Morgan fingerprint density at radius 1 is 1.40 bits per heavy atom. The number of hydrogen-bond acceptors (Lipinski definition) is 4. The van der Waals surface area contributed by atoms with Crippen LogP contribution < -0.4 is 10.6 Å². The third-order valence-electron chi connectivity index (χ3n) is 2.69. The van der Waals surface area contributed by atoms with Crippen LogP contribution in [0.1, 0.15) is 12.8 Å². The van der Waals surface area contributed by atoms with E-state index in [9.17, 15) is 10.1 Å². The van der Waals surface area contributed by atoms with Crippen molar-refractivity contribution in [3.8, 4) is 0 Å². The molecule has 1 heterocycles. The van der Waals surface area contributed by atoms with Crippen molar-refractivity contribution in [1.29, 1.82) is 0 Å². The van der Waals surface area contributed by atoms with Crippen LogP contribution in [0.25, 0.3) is 0 Å². The molecule has 1 saturated heterocycles. The number of benzene rings is 1. The number of anilines is 1. The molecule has 1 fully saturated rings. The molecular weight excluding hydrogens is 194 g/mol. The van der Waals surface area contributed by atoms with E-state index < -0.39 is 4.92 Å². The average Bonchev–Trinajstić information content (AvgIpc) is 2.65. The van der Waals surface area contributed by atoms with E-state index in [0.717, 1.165) is 25.1 Å². The van der Waals surface area contributed by atoms with Crippen LogP contribution >= 0.6 is 0 Å². The van der Waals surface area contributed by atoms with Crippen molar-refractivity contribution in [2.45, 2.75) is 19.0 Å². The summed E-state index contributed by atoms with van der Waals surface area (Å²) in [5, 5.41) is 10.5. The summed E-state index contributed by atoms with van der Waals surface area (Å²) < 4.78 is 0. The van der Waals surface area contributed by atoms with Gasteiger partial charge in [-0.2, -0.15) is 0 Å². The number of nitrogens with zero attached hydrogens (tertiary/aromatic N) is 2. The van der Waals surface area contributed by atoms with Gasteiger partial charge >= 0.3 is 0 Å². The minimum Gasteiger partial charge on any atom is -0.356 e. The molecule has 0 saturated carbocycles. The lowest BCUT2D eigenvalue weighted by atomic mass is 10.2. The first-order valence-electron chi connectivity index (χ1n) is 4.95. The highest BCUT2D eigenvalue weighted by Crippen LogP contribution is 2.24. The molecular formula is C10H13N3O2. The highest BCUT2D eigenvalue weighted by atomic mass is 16.6. The second-order valence-electron chi connectivity index (χ2n) is 3.68. The Morgan fingerprint density at radius 3 is 2.53 bits per heavy atom. The van der Waals surface area contributed by atoms with Crippen molar-refractivity contribution in [2.24, 2.45) is 5.73 Å². The molecule has 0 aromatic heterocycles. The van der Waals surface area contributed by atoms with Crippen LogP contribution in [-0.2, 0) is 0 Å². The van der Waals surface area contributed by atoms with Crippen molar-refractivity contribution >= 4 is 11.4 Å². The smallest absolute Gasteiger partial charge is 0.269 e. The van der Waals surface area contributed by atoms with Crippen molar-refractivity contribution in [3.05, 3.63) is 34.4 Å². The van der Waals surface area contributed by atoms with Crippen LogP contribution in [0.2, 0.25) is 0 Å². The molecule has 0 spiro atoms. The normalized spacial score (nSPS) is 20.6. The molecule has 5 nitrogen and oxygen atoms in total. The van der Waals surface area contributed by atoms with Gasteiger partial charge in [-0.05, 0) is 25.0 Å². The zero-order valence-electron chi connectivity index (χ0n) is 8.30. The summed E-state index contributed by atoms with van der Waals surface area (Å²) in [6.45, 7) is 0.930. The highest BCUT2D eigenvalue weighted by Gasteiger charge is 2.21. The Hall–Kier alpha value is -1.62. The van der Waals surface area contributed by atoms with Crippen LogP contribution in [-0.4, -0.2) is 17.6 Å². The second kappa shape index (κ2) is 3.86. The second-order valence-corrected chi connectivity index (χ2v) is 3.68. The van der Waals surface area contributed by atoms with Crippen LogP contribution in [0.5, 0.6) is 0 Å². The Balaban J connectivity index is 2.19. The van der Waals surface area contributed by atoms with Gasteiger partial charge in [-0.25, -0.2) is 0 Å². The molecule has 0 amide bonds. The fourth-order valence-electron chi connectivity index (χ4n) is 1.88. The van der Waals surface area contributed by atoms with E-state index >= 15 is 0 Å². The molecule has 0 bridgehead atoms. The van der Waals surface area contributed by atoms with Gasteiger partial charge in [0.25, 0.3) is 5.69 Å². The van der Waals surface area contributed by atoms with Gasteiger partial charge in [-0.3, -0.25) is 10.1 Å². The van der Waals surface area contributed by atoms with Crippen molar-refractivity contribution < 1.29 is 4.92 Å². The number of non-ortho nitro benzene ring substituents is 1. The van der Waals surface area contributed by atoms with Gasteiger partial charge in [0.05, 0.1) is 11.1 Å². The van der Waals surface area contributed by atoms with Crippen LogP contribution in [0.4, 0.5) is 11.4 Å². The molecule has 0 unspecified atom stereocenters. The van der Waals surface area contributed by atoms with Crippen molar-refractivity contribution in [1.82, 2.24) is 0 Å². The van der Waals surface area contributed by atoms with Gasteiger partial charge in [0.15, 0.2) is 0 Å². The average molecular weight is 207 g/mol. The van der Waals surface area contributed by atoms with Gasteiger partial charge in [0.1, 0.15) is 0 Å². The molecule has 15 heavy (non-hydrogen) atoms. The maximum absolute atomic E-state index is 10.5. The van der Waals surface area contributed by atoms with E-state index in [-0.39, 0.29) is 11.9 Å². The first kappa shape index (κ1) is 9.92. The predicted octanol–water partition coefficient (Wildman–Crippen LogP) is 1.48. The Bertz CT molecular complexity index is 363. The molecule has 1 aromatic rings. The van der Waals surface area contributed by atoms with E-state index in [1.54, 1.807) is 12.1 Å². The maximum atomic E-state index is 10.5. The zero-order chi connectivity index (χ0) is 10.8. The molecule has 0 aliphatic carbocycles. The summed E-state index contributed by atoms with van der Waals surface area (Å²) in [6, 6.07) is 6.54. The Labute approximate surface area is 87.6 Å². The standard InChI is InChI=1S/C10H13N3O2/c11-10-2-1-7-12(10)8-3-5-9(6-4-8)13(14)15/h3-6,10H,1-2,7,11H2/t10-/m0/s1. The topological polar surface area (TPSA) is 72.4 Å². The molecule has 5 heteroatoms. The number of hydrogen-bond donors (Lipinski definition) is 1. The lowest BCUT2D eigenvalue weighted by molar-refractivity contribution is -0.384. The number of rotatable bonds is 2. The molecule has 0 radical (unpaired) electrons. The summed E-state index contributed by atoms with van der Waals surface area (Å²) in [6.07, 6.45) is 2.11. The molecule has 80 valence electrons. The molecule has 2 rings (SSSR count). The van der Waals surface area contributed by atoms with Gasteiger partial charge in [0.2, 0.25) is 0 Å². The quantitative estimate of drug-likeness (QED) is 0.589. The first-order chi connectivity index (χ1) is 7.18. The first-order valence-corrected chi connectivity index (χ1v) is 4.95. The summed E-state index contributed by atoms with van der Waals surface area (Å²) in [5.74, 6) is 0. The zero-order valence-corrected chi connectivity index (χ0v) is 8.30. The van der Waals surface area contributed by atoms with Gasteiger partial charge in [0, 0.05) is 24.4 Å². The summed E-state index contributed by atoms with van der Waals surface area (Å²) in [4.78, 5) is 12.1. The molecule has 2 N–H and O–H groups in total. The minimum absolute atomic E-state index is 0.0476. The minimum atomic E-state index is -0.395.